The van der Waals surface area contributed by atoms with E-state index in [0.717, 1.165) is 5.56 Å². The lowest BCUT2D eigenvalue weighted by Crippen LogP contribution is -2.05. The van der Waals surface area contributed by atoms with E-state index in [-0.39, 0.29) is 11.4 Å². The average molecular weight is 312 g/mol. The van der Waals surface area contributed by atoms with Crippen LogP contribution in [-0.2, 0) is 9.53 Å². The quantitative estimate of drug-likeness (QED) is 0.310. The Kier molecular flexibility index (Phi) is 4.91. The first kappa shape index (κ1) is 16.4. The summed E-state index contributed by atoms with van der Waals surface area (Å²) >= 11 is 0. The van der Waals surface area contributed by atoms with Crippen LogP contribution in [0, 0.1) is 12.7 Å². The van der Waals surface area contributed by atoms with Crippen molar-refractivity contribution in [3.8, 4) is 11.1 Å². The molecule has 0 spiro atoms. The van der Waals surface area contributed by atoms with E-state index >= 15 is 0 Å². The van der Waals surface area contributed by atoms with Crippen LogP contribution < -0.4 is 5.84 Å². The molecule has 0 heterocycles. The van der Waals surface area contributed by atoms with Crippen molar-refractivity contribution in [3.63, 3.8) is 0 Å². The van der Waals surface area contributed by atoms with E-state index in [1.165, 1.54) is 19.4 Å². The predicted molar refractivity (Wildman–Crippen MR) is 89.4 cm³/mol. The number of carbonyl (C=O) groups is 1. The van der Waals surface area contributed by atoms with Crippen molar-refractivity contribution < 1.29 is 13.9 Å². The molecule has 0 amide bonds. The highest BCUT2D eigenvalue weighted by atomic mass is 19.1. The van der Waals surface area contributed by atoms with Gasteiger partial charge in [0.05, 0.1) is 18.9 Å². The molecule has 0 atom stereocenters. The van der Waals surface area contributed by atoms with Crippen LogP contribution in [0.25, 0.3) is 16.7 Å². The zero-order chi connectivity index (χ0) is 17.0. The number of hydrazone groups is 1. The Morgan fingerprint density at radius 3 is 2.70 bits per heavy atom. The summed E-state index contributed by atoms with van der Waals surface area (Å²) in [5, 5.41) is 3.50. The highest BCUT2D eigenvalue weighted by molar-refractivity contribution is 6.17. The molecule has 2 aromatic rings. The summed E-state index contributed by atoms with van der Waals surface area (Å²) in [6, 6.07) is 10.0. The lowest BCUT2D eigenvalue weighted by atomic mass is 9.94. The van der Waals surface area contributed by atoms with Gasteiger partial charge in [-0.1, -0.05) is 30.8 Å². The Balaban J connectivity index is 2.61. The van der Waals surface area contributed by atoms with Crippen molar-refractivity contribution in [2.75, 3.05) is 7.11 Å². The molecule has 0 bridgehead atoms. The Morgan fingerprint density at radius 1 is 1.35 bits per heavy atom. The molecule has 0 saturated heterocycles. The molecule has 4 nitrogen and oxygen atoms in total. The molecule has 0 saturated carbocycles. The van der Waals surface area contributed by atoms with Gasteiger partial charge in [-0.05, 0) is 35.7 Å². The SMILES string of the molecule is C=C(C(=O)OC)c1ccc(-c2c(C)cccc2F)cc1/C=N\N. The van der Waals surface area contributed by atoms with Crippen LogP contribution >= 0.6 is 0 Å². The number of hydrogen-bond acceptors (Lipinski definition) is 4. The Labute approximate surface area is 134 Å². The molecule has 2 rings (SSSR count). The minimum absolute atomic E-state index is 0.180. The zero-order valence-corrected chi connectivity index (χ0v) is 13.0. The lowest BCUT2D eigenvalue weighted by molar-refractivity contribution is -0.133. The lowest BCUT2D eigenvalue weighted by Gasteiger charge is -2.12. The van der Waals surface area contributed by atoms with Crippen molar-refractivity contribution in [1.82, 2.24) is 0 Å². The second kappa shape index (κ2) is 6.87. The van der Waals surface area contributed by atoms with Gasteiger partial charge in [-0.2, -0.15) is 5.10 Å². The third kappa shape index (κ3) is 3.29. The number of nitrogens with two attached hydrogens (primary N) is 1. The number of hydrogen-bond donors (Lipinski definition) is 1. The summed E-state index contributed by atoms with van der Waals surface area (Å²) < 4.78 is 18.8. The number of carbonyl (C=O) groups excluding carboxylic acids is 1. The number of aryl methyl sites for hydroxylation is 1. The molecule has 118 valence electrons. The van der Waals surface area contributed by atoms with Gasteiger partial charge in [-0.15, -0.1) is 0 Å². The summed E-state index contributed by atoms with van der Waals surface area (Å²) in [6.07, 6.45) is 1.39. The van der Waals surface area contributed by atoms with E-state index in [9.17, 15) is 9.18 Å². The van der Waals surface area contributed by atoms with Crippen LogP contribution in [0.1, 0.15) is 16.7 Å². The van der Waals surface area contributed by atoms with E-state index < -0.39 is 5.97 Å². The fourth-order valence-electron chi connectivity index (χ4n) is 2.41. The molecule has 2 aromatic carbocycles. The van der Waals surface area contributed by atoms with Gasteiger partial charge in [0.1, 0.15) is 5.82 Å². The van der Waals surface area contributed by atoms with Crippen molar-refractivity contribution in [1.29, 1.82) is 0 Å². The van der Waals surface area contributed by atoms with E-state index in [1.54, 1.807) is 24.3 Å². The first-order valence-corrected chi connectivity index (χ1v) is 6.90. The second-order valence-corrected chi connectivity index (χ2v) is 4.98. The molecule has 0 unspecified atom stereocenters. The summed E-state index contributed by atoms with van der Waals surface area (Å²) in [7, 11) is 1.28. The third-order valence-corrected chi connectivity index (χ3v) is 3.53. The summed E-state index contributed by atoms with van der Waals surface area (Å²) in [6.45, 7) is 5.55. The van der Waals surface area contributed by atoms with Crippen LogP contribution in [0.15, 0.2) is 48.1 Å². The minimum atomic E-state index is -0.550. The van der Waals surface area contributed by atoms with Crippen LogP contribution in [0.3, 0.4) is 0 Å². The predicted octanol–water partition coefficient (Wildman–Crippen LogP) is 3.28. The molecule has 0 fully saturated rings. The van der Waals surface area contributed by atoms with E-state index in [0.29, 0.717) is 22.3 Å². The molecule has 0 aliphatic carbocycles. The molecule has 0 aromatic heterocycles. The topological polar surface area (TPSA) is 64.7 Å². The maximum Gasteiger partial charge on any atom is 0.337 e. The van der Waals surface area contributed by atoms with Gasteiger partial charge >= 0.3 is 5.97 Å². The number of nitrogens with zero attached hydrogens (tertiary/aromatic N) is 1. The molecular formula is C18H17FN2O2. The first-order valence-electron chi connectivity index (χ1n) is 6.90. The summed E-state index contributed by atoms with van der Waals surface area (Å²) in [5.74, 6) is 4.37. The number of methoxy groups -OCH3 is 1. The normalized spacial score (nSPS) is 10.7. The number of halogens is 1. The van der Waals surface area contributed by atoms with E-state index in [2.05, 4.69) is 16.4 Å². The maximum atomic E-state index is 14.1. The molecule has 2 N–H and O–H groups in total. The Morgan fingerprint density at radius 2 is 2.09 bits per heavy atom. The van der Waals surface area contributed by atoms with Gasteiger partial charge in [0.2, 0.25) is 0 Å². The standard InChI is InChI=1S/C18H17FN2O2/c1-11-5-4-6-16(19)17(11)13-7-8-15(12(2)18(22)23-3)14(9-13)10-21-20/h4-10H,2,20H2,1,3H3/b21-10-. The maximum absolute atomic E-state index is 14.1. The average Bonchev–Trinajstić information content (AvgIpc) is 2.54. The number of esters is 1. The Bertz CT molecular complexity index is 777. The zero-order valence-electron chi connectivity index (χ0n) is 13.0. The summed E-state index contributed by atoms with van der Waals surface area (Å²) in [5.41, 5.74) is 3.23. The minimum Gasteiger partial charge on any atom is -0.465 e. The van der Waals surface area contributed by atoms with E-state index in [1.807, 2.05) is 13.0 Å². The smallest absolute Gasteiger partial charge is 0.337 e. The largest absolute Gasteiger partial charge is 0.465 e. The molecular weight excluding hydrogens is 295 g/mol. The van der Waals surface area contributed by atoms with Gasteiger partial charge in [0.25, 0.3) is 0 Å². The second-order valence-electron chi connectivity index (χ2n) is 4.98. The van der Waals surface area contributed by atoms with Crippen LogP contribution in [0.5, 0.6) is 0 Å². The van der Waals surface area contributed by atoms with Crippen molar-refractivity contribution >= 4 is 17.8 Å². The Hall–Kier alpha value is -2.95. The van der Waals surface area contributed by atoms with Gasteiger partial charge in [0.15, 0.2) is 0 Å². The monoisotopic (exact) mass is 312 g/mol. The highest BCUT2D eigenvalue weighted by Gasteiger charge is 2.15. The van der Waals surface area contributed by atoms with Gasteiger partial charge < -0.3 is 10.6 Å². The molecule has 5 heteroatoms. The van der Waals surface area contributed by atoms with Crippen LogP contribution in [0.4, 0.5) is 4.39 Å². The molecule has 23 heavy (non-hydrogen) atoms. The fourth-order valence-corrected chi connectivity index (χ4v) is 2.41. The number of benzene rings is 2. The molecule has 0 aliphatic rings. The molecule has 0 aliphatic heterocycles. The third-order valence-electron chi connectivity index (χ3n) is 3.53. The first-order chi connectivity index (χ1) is 11.0. The molecule has 0 radical (unpaired) electrons. The van der Waals surface area contributed by atoms with Crippen molar-refractivity contribution in [2.24, 2.45) is 10.9 Å². The van der Waals surface area contributed by atoms with Crippen molar-refractivity contribution in [2.45, 2.75) is 6.92 Å². The van der Waals surface area contributed by atoms with Crippen LogP contribution in [0.2, 0.25) is 0 Å². The van der Waals surface area contributed by atoms with Gasteiger partial charge in [-0.25, -0.2) is 9.18 Å². The van der Waals surface area contributed by atoms with Crippen molar-refractivity contribution in [3.05, 3.63) is 65.5 Å². The van der Waals surface area contributed by atoms with Gasteiger partial charge in [0, 0.05) is 11.1 Å². The number of ether oxygens (including phenoxy) is 1. The van der Waals surface area contributed by atoms with E-state index in [4.69, 9.17) is 5.84 Å². The van der Waals surface area contributed by atoms with Gasteiger partial charge in [-0.3, -0.25) is 0 Å². The fraction of sp³-hybridized carbons (Fsp3) is 0.111. The van der Waals surface area contributed by atoms with Crippen LogP contribution in [-0.4, -0.2) is 19.3 Å². The summed E-state index contributed by atoms with van der Waals surface area (Å²) in [4.78, 5) is 11.7. The highest BCUT2D eigenvalue weighted by Crippen LogP contribution is 2.29. The number of rotatable bonds is 4.